The van der Waals surface area contributed by atoms with E-state index in [1.165, 1.54) is 50.4 Å². The maximum absolute atomic E-state index is 13.7. The molecule has 0 aliphatic carbocycles. The number of carbonyl (C=O) groups is 1. The molecule has 0 spiro atoms. The highest BCUT2D eigenvalue weighted by molar-refractivity contribution is 5.97. The number of Topliss-reactive ketones (excluding diaryl/α,β-unsaturated/α-hetero) is 1. The first-order valence-electron chi connectivity index (χ1n) is 20.1. The highest BCUT2D eigenvalue weighted by Gasteiger charge is 2.47. The Labute approximate surface area is 372 Å². The average Bonchev–Trinajstić information content (AvgIpc) is 3.30. The monoisotopic (exact) mass is 938 g/mol. The SMILES string of the molecule is COc1ccc(C(C)=O)c(O[C@@H]2O[C@H](CO)[C@@H](O)[C@H](O)[C@H]2O)c1.O=c1c(O[C@@H]2O[C@H](CO)[C@@H](O)[C@H](O)[C@H]2O)c(-c2ccc(O)cc2)oc2cc(O[C@@H]3O[C@H](CO)[C@@H](O)[C@H](O)[C@H]3O)cc(O)c12. The number of methoxy groups -OCH3 is 1. The van der Waals surface area contributed by atoms with E-state index < -0.39 is 134 Å². The van der Waals surface area contributed by atoms with Crippen LogP contribution in [0, 0.1) is 0 Å². The minimum atomic E-state index is -1.89. The van der Waals surface area contributed by atoms with Crippen LogP contribution in [0.5, 0.6) is 34.5 Å². The van der Waals surface area contributed by atoms with Crippen LogP contribution in [0.3, 0.4) is 0 Å². The molecule has 24 heteroatoms. The fraction of sp³-hybridized carbons (Fsp3) is 0.476. The summed E-state index contributed by atoms with van der Waals surface area (Å²) in [5, 5.41) is 139. The fourth-order valence-electron chi connectivity index (χ4n) is 7.12. The van der Waals surface area contributed by atoms with Gasteiger partial charge in [0.1, 0.15) is 113 Å². The van der Waals surface area contributed by atoms with E-state index in [0.29, 0.717) is 5.75 Å². The largest absolute Gasteiger partial charge is 0.508 e. The number of hydrogen-bond donors (Lipinski definition) is 14. The molecule has 15 atom stereocenters. The number of hydrogen-bond acceptors (Lipinski definition) is 24. The Bertz CT molecular complexity index is 2330. The van der Waals surface area contributed by atoms with E-state index in [4.69, 9.17) is 42.7 Å². The van der Waals surface area contributed by atoms with Crippen LogP contribution in [0.25, 0.3) is 22.3 Å². The molecular weight excluding hydrogens is 888 g/mol. The maximum atomic E-state index is 13.7. The third kappa shape index (κ3) is 10.3. The third-order valence-corrected chi connectivity index (χ3v) is 10.9. The van der Waals surface area contributed by atoms with Crippen LogP contribution < -0.4 is 24.4 Å². The Kier molecular flexibility index (Phi) is 16.1. The Morgan fingerprint density at radius 3 is 1.55 bits per heavy atom. The fourth-order valence-corrected chi connectivity index (χ4v) is 7.12. The molecule has 4 heterocycles. The van der Waals surface area contributed by atoms with Crippen molar-refractivity contribution >= 4 is 16.8 Å². The van der Waals surface area contributed by atoms with E-state index in [1.54, 1.807) is 6.07 Å². The summed E-state index contributed by atoms with van der Waals surface area (Å²) in [5.74, 6) is -1.71. The van der Waals surface area contributed by atoms with Crippen molar-refractivity contribution in [3.63, 3.8) is 0 Å². The first kappa shape index (κ1) is 50.2. The van der Waals surface area contributed by atoms with E-state index in [0.717, 1.165) is 12.1 Å². The predicted molar refractivity (Wildman–Crippen MR) is 217 cm³/mol. The number of aliphatic hydroxyl groups is 12. The second kappa shape index (κ2) is 21.1. The molecule has 0 bridgehead atoms. The molecular formula is C42H50O24. The van der Waals surface area contributed by atoms with Gasteiger partial charge in [-0.1, -0.05) is 0 Å². The highest BCUT2D eigenvalue weighted by atomic mass is 16.7. The van der Waals surface area contributed by atoms with Crippen molar-refractivity contribution in [2.45, 2.75) is 99.0 Å². The number of ketones is 1. The van der Waals surface area contributed by atoms with E-state index >= 15 is 0 Å². The van der Waals surface area contributed by atoms with Crippen molar-refractivity contribution in [1.82, 2.24) is 0 Å². The first-order valence-corrected chi connectivity index (χ1v) is 20.1. The van der Waals surface area contributed by atoms with Gasteiger partial charge in [-0.2, -0.15) is 0 Å². The van der Waals surface area contributed by atoms with Crippen molar-refractivity contribution in [3.8, 4) is 45.8 Å². The molecule has 1 aromatic heterocycles. The Morgan fingerprint density at radius 2 is 1.08 bits per heavy atom. The van der Waals surface area contributed by atoms with Gasteiger partial charge < -0.3 is 109 Å². The molecule has 4 aromatic rings. The second-order valence-corrected chi connectivity index (χ2v) is 15.3. The van der Waals surface area contributed by atoms with Crippen molar-refractivity contribution in [2.24, 2.45) is 0 Å². The summed E-state index contributed by atoms with van der Waals surface area (Å²) in [6, 6.07) is 11.9. The summed E-state index contributed by atoms with van der Waals surface area (Å²) in [5.41, 5.74) is -0.870. The standard InChI is InChI=1S/C27H30O16.C15H20O8/c28-7-14-17(32)20(35)22(37)26(41-14)39-11-5-12(31)16-13(6-11)40-24(9-1-3-10(30)4-2-9)25(19(16)34)43-27-23(38)21(36)18(33)15(8-29)42-27;1-7(17)9-4-3-8(21-2)5-10(9)22-15-14(20)13(19)12(18)11(6-16)23-15/h1-6,14-15,17-18,20-23,26-33,35-38H,7-8H2;3-5,11-16,18-20H,6H2,1-2H3/t14-,15-,17-,18-,20+,21+,22-,23-,26-,27+;11-,12-,13+,14-,15-/m11/s1. The van der Waals surface area contributed by atoms with E-state index in [-0.39, 0.29) is 45.5 Å². The zero-order valence-electron chi connectivity index (χ0n) is 34.8. The zero-order chi connectivity index (χ0) is 48.3. The third-order valence-electron chi connectivity index (χ3n) is 10.9. The molecule has 0 amide bonds. The molecule has 0 radical (unpaired) electrons. The lowest BCUT2D eigenvalue weighted by Gasteiger charge is -2.39. The van der Waals surface area contributed by atoms with Crippen molar-refractivity contribution in [3.05, 3.63) is 70.4 Å². The molecule has 3 aliphatic heterocycles. The van der Waals surface area contributed by atoms with Gasteiger partial charge in [0.15, 0.2) is 11.5 Å². The zero-order valence-corrected chi connectivity index (χ0v) is 34.8. The minimum absolute atomic E-state index is 0.0983. The van der Waals surface area contributed by atoms with Crippen LogP contribution in [0.4, 0.5) is 0 Å². The molecule has 3 aliphatic rings. The van der Waals surface area contributed by atoms with E-state index in [2.05, 4.69) is 0 Å². The maximum Gasteiger partial charge on any atom is 0.239 e. The molecule has 14 N–H and O–H groups in total. The summed E-state index contributed by atoms with van der Waals surface area (Å²) in [7, 11) is 1.44. The van der Waals surface area contributed by atoms with E-state index in [1.807, 2.05) is 0 Å². The lowest BCUT2D eigenvalue weighted by atomic mass is 9.99. The van der Waals surface area contributed by atoms with Crippen molar-refractivity contribution in [1.29, 1.82) is 0 Å². The van der Waals surface area contributed by atoms with Gasteiger partial charge in [0.05, 0.1) is 32.5 Å². The van der Waals surface area contributed by atoms with Gasteiger partial charge in [-0.15, -0.1) is 0 Å². The van der Waals surface area contributed by atoms with Crippen LogP contribution in [-0.4, -0.2) is 196 Å². The smallest absolute Gasteiger partial charge is 0.239 e. The molecule has 0 unspecified atom stereocenters. The van der Waals surface area contributed by atoms with Crippen LogP contribution in [-0.2, 0) is 14.2 Å². The topological polar surface area (TPSA) is 395 Å². The van der Waals surface area contributed by atoms with Gasteiger partial charge in [0.2, 0.25) is 30.0 Å². The van der Waals surface area contributed by atoms with Gasteiger partial charge in [0.25, 0.3) is 0 Å². The summed E-state index contributed by atoms with van der Waals surface area (Å²) in [6.45, 7) is -0.694. The Hall–Kier alpha value is -5.26. The molecule has 0 saturated carbocycles. The van der Waals surface area contributed by atoms with Crippen LogP contribution in [0.1, 0.15) is 17.3 Å². The average molecular weight is 939 g/mol. The number of rotatable bonds is 12. The van der Waals surface area contributed by atoms with Gasteiger partial charge in [0, 0.05) is 23.8 Å². The molecule has 3 saturated heterocycles. The number of ether oxygens (including phenoxy) is 7. The van der Waals surface area contributed by atoms with E-state index in [9.17, 15) is 76.0 Å². The highest BCUT2D eigenvalue weighted by Crippen LogP contribution is 2.39. The normalized spacial score (nSPS) is 32.2. The molecule has 362 valence electrons. The quantitative estimate of drug-likeness (QED) is 0.0608. The number of fused-ring (bicyclic) bond motifs is 1. The summed E-state index contributed by atoms with van der Waals surface area (Å²) < 4.78 is 43.6. The minimum Gasteiger partial charge on any atom is -0.508 e. The van der Waals surface area contributed by atoms with Gasteiger partial charge in [-0.3, -0.25) is 9.59 Å². The lowest BCUT2D eigenvalue weighted by Crippen LogP contribution is -2.60. The summed E-state index contributed by atoms with van der Waals surface area (Å²) in [6.07, 6.45) is -23.7. The van der Waals surface area contributed by atoms with Crippen LogP contribution in [0.15, 0.2) is 63.8 Å². The van der Waals surface area contributed by atoms with Crippen LogP contribution >= 0.6 is 0 Å². The van der Waals surface area contributed by atoms with Crippen molar-refractivity contribution < 1.29 is 114 Å². The van der Waals surface area contributed by atoms with Crippen molar-refractivity contribution in [2.75, 3.05) is 26.9 Å². The molecule has 7 rings (SSSR count). The molecule has 3 fully saturated rings. The number of phenols is 2. The number of phenolic OH excluding ortho intramolecular Hbond substituents is 2. The Balaban J connectivity index is 0.000000264. The lowest BCUT2D eigenvalue weighted by molar-refractivity contribution is -0.277. The predicted octanol–water partition coefficient (Wildman–Crippen LogP) is -3.69. The van der Waals surface area contributed by atoms with Gasteiger partial charge in [-0.25, -0.2) is 0 Å². The first-order chi connectivity index (χ1) is 31.3. The second-order valence-electron chi connectivity index (χ2n) is 15.3. The number of carbonyl (C=O) groups excluding carboxylic acids is 1. The summed E-state index contributed by atoms with van der Waals surface area (Å²) >= 11 is 0. The number of aliphatic hydroxyl groups excluding tert-OH is 12. The number of benzene rings is 3. The van der Waals surface area contributed by atoms with Gasteiger partial charge >= 0.3 is 0 Å². The van der Waals surface area contributed by atoms with Gasteiger partial charge in [-0.05, 0) is 43.3 Å². The molecule has 24 nitrogen and oxygen atoms in total. The number of aromatic hydroxyl groups is 2. The summed E-state index contributed by atoms with van der Waals surface area (Å²) in [4.78, 5) is 25.4. The molecule has 3 aromatic carbocycles. The van der Waals surface area contributed by atoms with Crippen LogP contribution in [0.2, 0.25) is 0 Å². The molecule has 66 heavy (non-hydrogen) atoms. The Morgan fingerprint density at radius 1 is 0.591 bits per heavy atom.